The fraction of sp³-hybridized carbons (Fsp3) is 0.524. The smallest absolute Gasteiger partial charge is 0.284 e. The quantitative estimate of drug-likeness (QED) is 0.199. The summed E-state index contributed by atoms with van der Waals surface area (Å²) < 4.78 is 37.0. The van der Waals surface area contributed by atoms with Gasteiger partial charge in [0.1, 0.15) is 17.4 Å². The average Bonchev–Trinajstić information content (AvgIpc) is 3.98. The molecule has 9 rings (SSSR count). The van der Waals surface area contributed by atoms with Gasteiger partial charge in [-0.15, -0.1) is 0 Å². The minimum absolute atomic E-state index is 0.0240. The first-order valence-electron chi connectivity index (χ1n) is 21.4. The van der Waals surface area contributed by atoms with Crippen molar-refractivity contribution in [1.82, 2.24) is 44.4 Å². The number of hydrogen-bond donors (Lipinski definition) is 2. The Kier molecular flexibility index (Phi) is 11.7. The van der Waals surface area contributed by atoms with Crippen molar-refractivity contribution in [3.63, 3.8) is 0 Å². The number of imide groups is 2. The summed E-state index contributed by atoms with van der Waals surface area (Å²) in [5.41, 5.74) is 1.29. The van der Waals surface area contributed by atoms with Gasteiger partial charge in [-0.1, -0.05) is 6.07 Å². The monoisotopic (exact) mass is 856 g/mol. The minimum atomic E-state index is -2.87. The first-order valence-corrected chi connectivity index (χ1v) is 21.4. The number of carbonyl (C=O) groups excluding carboxylic acids is 5. The summed E-state index contributed by atoms with van der Waals surface area (Å²) in [5, 5.41) is 13.4. The molecular formula is C42H50F2N12O6. The van der Waals surface area contributed by atoms with Gasteiger partial charge in [-0.2, -0.15) is 10.2 Å². The number of amides is 5. The molecule has 4 aromatic rings. The summed E-state index contributed by atoms with van der Waals surface area (Å²) in [6, 6.07) is 5.98. The maximum atomic E-state index is 14.3. The Morgan fingerprint density at radius 1 is 0.968 bits per heavy atom. The lowest BCUT2D eigenvalue weighted by atomic mass is 9.86. The Balaban J connectivity index is 0.744. The topological polar surface area (TPSA) is 183 Å². The third-order valence-corrected chi connectivity index (χ3v) is 12.9. The lowest BCUT2D eigenvalue weighted by Gasteiger charge is -2.38. The highest BCUT2D eigenvalue weighted by Crippen LogP contribution is 2.37. The van der Waals surface area contributed by atoms with Crippen LogP contribution in [0.5, 0.6) is 0 Å². The molecule has 3 aromatic heterocycles. The first kappa shape index (κ1) is 41.5. The molecular weight excluding hydrogens is 807 g/mol. The highest BCUT2D eigenvalue weighted by atomic mass is 19.3. The standard InChI is InChI=1S/C42H50F2N12O6/c1-50(13-14-51-15-17-52(18-16-51)31-4-2-3-28-35(31)42(61)56(41(28)60)32-9-10-34(57)48-40(32)59)24-26-5-7-27(8-6-26)55-25-30(36(49-55)37(43)44)46-39(58)29-23-45-54-12-11-33(47-38(29)54)53-19-21-62-22-20-53/h2-4,11-12,23,25-27,32,37H,5-10,13-22,24H2,1H3,(H,46,58)(H,48,57,59)/t26-,27-,32?. The molecule has 1 atom stereocenters. The molecule has 4 fully saturated rings. The van der Waals surface area contributed by atoms with Crippen LogP contribution >= 0.6 is 0 Å². The zero-order valence-electron chi connectivity index (χ0n) is 34.5. The third-order valence-electron chi connectivity index (χ3n) is 12.9. The number of alkyl halides is 2. The number of anilines is 3. The molecule has 0 bridgehead atoms. The molecule has 20 heteroatoms. The van der Waals surface area contributed by atoms with Gasteiger partial charge >= 0.3 is 0 Å². The fourth-order valence-electron chi connectivity index (χ4n) is 9.44. The van der Waals surface area contributed by atoms with E-state index in [4.69, 9.17) is 4.74 Å². The van der Waals surface area contributed by atoms with Crippen LogP contribution in [0.1, 0.15) is 87.8 Å². The number of fused-ring (bicyclic) bond motifs is 2. The summed E-state index contributed by atoms with van der Waals surface area (Å²) in [5.74, 6) is -1.50. The van der Waals surface area contributed by atoms with Crippen molar-refractivity contribution in [2.24, 2.45) is 5.92 Å². The van der Waals surface area contributed by atoms with E-state index in [0.29, 0.717) is 68.0 Å². The van der Waals surface area contributed by atoms with Crippen molar-refractivity contribution in [2.45, 2.75) is 57.0 Å². The van der Waals surface area contributed by atoms with Crippen molar-refractivity contribution in [2.75, 3.05) is 94.3 Å². The van der Waals surface area contributed by atoms with Crippen molar-refractivity contribution < 1.29 is 37.5 Å². The van der Waals surface area contributed by atoms with Gasteiger partial charge in [0.25, 0.3) is 24.1 Å². The van der Waals surface area contributed by atoms with Gasteiger partial charge in [0.15, 0.2) is 11.3 Å². The lowest BCUT2D eigenvalue weighted by Crippen LogP contribution is -2.54. The fourth-order valence-corrected chi connectivity index (χ4v) is 9.44. The molecule has 5 amide bonds. The highest BCUT2D eigenvalue weighted by molar-refractivity contribution is 6.25. The zero-order valence-corrected chi connectivity index (χ0v) is 34.5. The Bertz CT molecular complexity index is 2370. The van der Waals surface area contributed by atoms with Crippen molar-refractivity contribution in [3.8, 4) is 0 Å². The number of morpholine rings is 1. The molecule has 328 valence electrons. The molecule has 3 saturated heterocycles. The van der Waals surface area contributed by atoms with E-state index < -0.39 is 47.7 Å². The van der Waals surface area contributed by atoms with Crippen LogP contribution in [-0.4, -0.2) is 154 Å². The largest absolute Gasteiger partial charge is 0.378 e. The summed E-state index contributed by atoms with van der Waals surface area (Å²) in [6.45, 7) is 8.04. The normalized spacial score (nSPS) is 22.6. The number of piperidine rings is 1. The average molecular weight is 857 g/mol. The Hall–Kier alpha value is -5.86. The second-order valence-corrected chi connectivity index (χ2v) is 16.8. The van der Waals surface area contributed by atoms with Crippen LogP contribution in [0.4, 0.5) is 26.0 Å². The molecule has 62 heavy (non-hydrogen) atoms. The minimum Gasteiger partial charge on any atom is -0.378 e. The van der Waals surface area contributed by atoms with E-state index in [2.05, 4.69) is 52.5 Å². The summed E-state index contributed by atoms with van der Waals surface area (Å²) in [7, 11) is 2.12. The Morgan fingerprint density at radius 2 is 1.74 bits per heavy atom. The lowest BCUT2D eigenvalue weighted by molar-refractivity contribution is -0.136. The summed E-state index contributed by atoms with van der Waals surface area (Å²) in [6.07, 6.45) is 5.34. The van der Waals surface area contributed by atoms with E-state index in [-0.39, 0.29) is 35.7 Å². The SMILES string of the molecule is CN(CCN1CCN(c2cccc3c2C(=O)N(C2CCC(=O)NC2=O)C3=O)CC1)C[C@H]1CC[C@H](n2cc(NC(=O)c3cnn4ccc(N5CCOCC5)nc34)c(C(F)F)n2)CC1. The van der Waals surface area contributed by atoms with E-state index >= 15 is 0 Å². The number of nitrogens with one attached hydrogen (secondary N) is 2. The number of likely N-dealkylation sites (N-methyl/N-ethyl adjacent to an activating group) is 1. The number of nitrogens with zero attached hydrogens (tertiary/aromatic N) is 10. The maximum absolute atomic E-state index is 14.3. The number of piperazine rings is 1. The molecule has 7 heterocycles. The second-order valence-electron chi connectivity index (χ2n) is 16.8. The summed E-state index contributed by atoms with van der Waals surface area (Å²) >= 11 is 0. The van der Waals surface area contributed by atoms with Crippen LogP contribution in [0.2, 0.25) is 0 Å². The van der Waals surface area contributed by atoms with Gasteiger partial charge in [0.2, 0.25) is 11.8 Å². The van der Waals surface area contributed by atoms with Gasteiger partial charge < -0.3 is 24.8 Å². The molecule has 0 spiro atoms. The number of hydrogen-bond acceptors (Lipinski definition) is 13. The predicted molar refractivity (Wildman–Crippen MR) is 221 cm³/mol. The molecule has 0 radical (unpaired) electrons. The van der Waals surface area contributed by atoms with Crippen LogP contribution in [0, 0.1) is 5.92 Å². The molecule has 1 saturated carbocycles. The number of ether oxygens (including phenoxy) is 1. The van der Waals surface area contributed by atoms with Crippen molar-refractivity contribution in [1.29, 1.82) is 0 Å². The Morgan fingerprint density at radius 3 is 2.48 bits per heavy atom. The van der Waals surface area contributed by atoms with Crippen molar-refractivity contribution >= 4 is 52.4 Å². The van der Waals surface area contributed by atoms with Gasteiger partial charge in [-0.3, -0.25) is 43.8 Å². The van der Waals surface area contributed by atoms with Crippen LogP contribution in [0.25, 0.3) is 5.65 Å². The number of carbonyl (C=O) groups is 5. The van der Waals surface area contributed by atoms with Gasteiger partial charge in [0, 0.05) is 77.7 Å². The summed E-state index contributed by atoms with van der Waals surface area (Å²) in [4.78, 5) is 79.3. The van der Waals surface area contributed by atoms with Crippen LogP contribution in [0.15, 0.2) is 42.9 Å². The first-order chi connectivity index (χ1) is 30.0. The molecule has 4 aliphatic heterocycles. The van der Waals surface area contributed by atoms with E-state index in [1.54, 1.807) is 23.0 Å². The molecule has 1 unspecified atom stereocenters. The molecule has 1 aliphatic carbocycles. The van der Waals surface area contributed by atoms with Crippen molar-refractivity contribution in [3.05, 3.63) is 65.2 Å². The Labute approximate surface area is 356 Å². The number of rotatable bonds is 12. The maximum Gasteiger partial charge on any atom is 0.284 e. The van der Waals surface area contributed by atoms with E-state index in [1.165, 1.54) is 16.9 Å². The van der Waals surface area contributed by atoms with E-state index in [9.17, 15) is 32.8 Å². The predicted octanol–water partition coefficient (Wildman–Crippen LogP) is 2.84. The van der Waals surface area contributed by atoms with Crippen LogP contribution < -0.4 is 20.4 Å². The number of halogens is 2. The zero-order chi connectivity index (χ0) is 43.1. The van der Waals surface area contributed by atoms with Gasteiger partial charge in [-0.05, 0) is 63.3 Å². The van der Waals surface area contributed by atoms with Crippen LogP contribution in [0.3, 0.4) is 0 Å². The highest BCUT2D eigenvalue weighted by Gasteiger charge is 2.46. The van der Waals surface area contributed by atoms with E-state index in [1.807, 2.05) is 12.1 Å². The number of aromatic nitrogens is 5. The molecule has 2 N–H and O–H groups in total. The van der Waals surface area contributed by atoms with E-state index in [0.717, 1.165) is 63.3 Å². The number of benzene rings is 1. The van der Waals surface area contributed by atoms with Gasteiger partial charge in [-0.25, -0.2) is 18.3 Å². The molecule has 1 aromatic carbocycles. The second kappa shape index (κ2) is 17.5. The van der Waals surface area contributed by atoms with Crippen LogP contribution in [-0.2, 0) is 14.3 Å². The van der Waals surface area contributed by atoms with Gasteiger partial charge in [0.05, 0.1) is 48.0 Å². The molecule has 5 aliphatic rings. The third kappa shape index (κ3) is 8.25. The molecule has 18 nitrogen and oxygen atoms in total.